The van der Waals surface area contributed by atoms with Gasteiger partial charge >= 0.3 is 6.18 Å². The van der Waals surface area contributed by atoms with Crippen LogP contribution in [0, 0.1) is 19.4 Å². The Kier molecular flexibility index (Phi) is 9.68. The van der Waals surface area contributed by atoms with Crippen molar-refractivity contribution in [3.63, 3.8) is 0 Å². The van der Waals surface area contributed by atoms with E-state index in [2.05, 4.69) is 33.7 Å². The van der Waals surface area contributed by atoms with Crippen LogP contribution in [0.15, 0.2) is 35.7 Å². The second-order valence-electron chi connectivity index (χ2n) is 10.9. The molecule has 4 nitrogen and oxygen atoms in total. The van der Waals surface area contributed by atoms with Crippen LogP contribution in [0.4, 0.5) is 29.7 Å². The number of rotatable bonds is 9. The van der Waals surface area contributed by atoms with E-state index in [9.17, 15) is 13.2 Å². The maximum absolute atomic E-state index is 13.6. The Morgan fingerprint density at radius 3 is 2.35 bits per heavy atom. The summed E-state index contributed by atoms with van der Waals surface area (Å²) in [5.74, 6) is 0.709. The van der Waals surface area contributed by atoms with Gasteiger partial charge in [-0.05, 0) is 92.3 Å². The van der Waals surface area contributed by atoms with Crippen LogP contribution in [0.1, 0.15) is 72.5 Å². The minimum atomic E-state index is -4.51. The molecule has 0 saturated heterocycles. The van der Waals surface area contributed by atoms with Crippen LogP contribution in [0.2, 0.25) is 0 Å². The van der Waals surface area contributed by atoms with Gasteiger partial charge in [0.15, 0.2) is 10.8 Å². The van der Waals surface area contributed by atoms with E-state index in [-0.39, 0.29) is 24.6 Å². The van der Waals surface area contributed by atoms with E-state index in [0.29, 0.717) is 18.0 Å². The number of benzene rings is 2. The maximum Gasteiger partial charge on any atom is 0.415 e. The van der Waals surface area contributed by atoms with Crippen LogP contribution < -0.4 is 9.80 Å². The van der Waals surface area contributed by atoms with Crippen molar-refractivity contribution < 1.29 is 13.2 Å². The van der Waals surface area contributed by atoms with Crippen LogP contribution in [-0.4, -0.2) is 18.1 Å². The molecule has 0 bridgehead atoms. The molecule has 1 aromatic heterocycles. The number of hydrogen-bond donors (Lipinski definition) is 0. The molecule has 0 spiro atoms. The monoisotopic (exact) mass is 588 g/mol. The molecule has 5 rings (SSSR count). The Hall–Kier alpha value is -2.76. The molecule has 2 aliphatic rings. The van der Waals surface area contributed by atoms with E-state index in [4.69, 9.17) is 11.6 Å². The fourth-order valence-corrected chi connectivity index (χ4v) is 6.89. The predicted molar refractivity (Wildman–Crippen MR) is 160 cm³/mol. The number of thiazole rings is 1. The first-order chi connectivity index (χ1) is 18.7. The quantitative estimate of drug-likeness (QED) is 0.233. The van der Waals surface area contributed by atoms with Crippen molar-refractivity contribution >= 4 is 40.3 Å². The predicted octanol–water partition coefficient (Wildman–Crippen LogP) is 9.15. The molecule has 2 aromatic carbocycles. The van der Waals surface area contributed by atoms with E-state index >= 15 is 0 Å². The van der Waals surface area contributed by atoms with Gasteiger partial charge in [-0.3, -0.25) is 0 Å². The van der Waals surface area contributed by atoms with Crippen LogP contribution >= 0.6 is 23.7 Å². The highest BCUT2D eigenvalue weighted by atomic mass is 35.5. The summed E-state index contributed by atoms with van der Waals surface area (Å²) >= 11 is 1.51. The van der Waals surface area contributed by atoms with Crippen molar-refractivity contribution in [2.75, 3.05) is 22.9 Å². The Morgan fingerprint density at radius 1 is 1.00 bits per heavy atom. The lowest BCUT2D eigenvalue weighted by atomic mass is 10.0. The highest BCUT2D eigenvalue weighted by Gasteiger charge is 2.31. The third-order valence-corrected chi connectivity index (χ3v) is 9.03. The summed E-state index contributed by atoms with van der Waals surface area (Å²) in [6.45, 7) is 14.2. The van der Waals surface area contributed by atoms with Crippen molar-refractivity contribution in [3.8, 4) is 0 Å². The zero-order valence-corrected chi connectivity index (χ0v) is 24.7. The number of aromatic nitrogens is 1. The summed E-state index contributed by atoms with van der Waals surface area (Å²) in [4.78, 5) is 12.6. The van der Waals surface area contributed by atoms with Crippen molar-refractivity contribution in [1.82, 2.24) is 4.98 Å². The smallest absolute Gasteiger partial charge is 0.371 e. The summed E-state index contributed by atoms with van der Waals surface area (Å²) in [6.07, 6.45) is 3.98. The van der Waals surface area contributed by atoms with Gasteiger partial charge in [0, 0.05) is 42.8 Å². The van der Waals surface area contributed by atoms with E-state index in [1.807, 2.05) is 12.3 Å². The fourth-order valence-electron chi connectivity index (χ4n) is 6.08. The average Bonchev–Trinajstić information content (AvgIpc) is 3.68. The Balaban J connectivity index is 0.00000370. The number of hydrogen-bond acceptors (Lipinski definition) is 4. The first-order valence-corrected chi connectivity index (χ1v) is 14.8. The van der Waals surface area contributed by atoms with Gasteiger partial charge in [-0.15, -0.1) is 23.7 Å². The zero-order valence-electron chi connectivity index (χ0n) is 23.1. The lowest BCUT2D eigenvalue weighted by Crippen LogP contribution is -2.31. The molecule has 0 atom stereocenters. The molecule has 9 heteroatoms. The highest BCUT2D eigenvalue weighted by molar-refractivity contribution is 7.13. The summed E-state index contributed by atoms with van der Waals surface area (Å²) in [6, 6.07) is 8.37. The van der Waals surface area contributed by atoms with E-state index in [1.165, 1.54) is 65.5 Å². The SMILES string of the molecule is Cl.[C-]#[N+]c1cc(CN(Cc2cc3c(cc2N(CC)CC2CCCC2)CCC3)c2nc(C)cs2)cc(C(F)(F)F)c1. The van der Waals surface area contributed by atoms with Gasteiger partial charge in [0.2, 0.25) is 0 Å². The minimum Gasteiger partial charge on any atom is -0.371 e. The minimum absolute atomic E-state index is 0. The van der Waals surface area contributed by atoms with Crippen molar-refractivity contribution in [2.45, 2.75) is 78.1 Å². The molecule has 2 aliphatic carbocycles. The van der Waals surface area contributed by atoms with Crippen LogP contribution in [-0.2, 0) is 32.1 Å². The molecule has 0 aliphatic heterocycles. The summed E-state index contributed by atoms with van der Waals surface area (Å²) in [5, 5.41) is 2.75. The van der Waals surface area contributed by atoms with Crippen molar-refractivity contribution in [1.29, 1.82) is 0 Å². The summed E-state index contributed by atoms with van der Waals surface area (Å²) in [7, 11) is 0. The van der Waals surface area contributed by atoms with Gasteiger partial charge in [0.1, 0.15) is 0 Å². The molecule has 3 aromatic rings. The molecule has 214 valence electrons. The standard InChI is InChI=1S/C31H35F3N4S.ClH/c1-4-37(17-22-8-5-6-9-22)29-15-25-11-7-10-24(25)14-26(29)19-38(30-36-21(2)20-39-30)18-23-12-27(31(32,33)34)16-28(13-23)35-3;/h12-16,20,22H,4-11,17-19H2,1-2H3;1H. The fraction of sp³-hybridized carbons (Fsp3) is 0.484. The maximum atomic E-state index is 13.6. The Bertz CT molecular complexity index is 1360. The molecular formula is C31H36ClF3N4S. The van der Waals surface area contributed by atoms with Crippen LogP contribution in [0.5, 0.6) is 0 Å². The van der Waals surface area contributed by atoms with Crippen LogP contribution in [0.3, 0.4) is 0 Å². The van der Waals surface area contributed by atoms with Crippen molar-refractivity contribution in [2.24, 2.45) is 5.92 Å². The summed E-state index contributed by atoms with van der Waals surface area (Å²) < 4.78 is 40.9. The Morgan fingerprint density at radius 2 is 1.73 bits per heavy atom. The number of alkyl halides is 3. The zero-order chi connectivity index (χ0) is 27.6. The number of aryl methyl sites for hydroxylation is 3. The molecular weight excluding hydrogens is 553 g/mol. The van der Waals surface area contributed by atoms with Crippen molar-refractivity contribution in [3.05, 3.63) is 80.6 Å². The van der Waals surface area contributed by atoms with E-state index in [0.717, 1.165) is 49.2 Å². The molecule has 0 amide bonds. The molecule has 0 radical (unpaired) electrons. The summed E-state index contributed by atoms with van der Waals surface area (Å²) in [5.41, 5.74) is 5.82. The Labute approximate surface area is 245 Å². The normalized spacial score (nSPS) is 15.0. The lowest BCUT2D eigenvalue weighted by molar-refractivity contribution is -0.137. The van der Waals surface area contributed by atoms with E-state index in [1.54, 1.807) is 6.07 Å². The number of halogens is 4. The van der Waals surface area contributed by atoms with Crippen LogP contribution in [0.25, 0.3) is 4.85 Å². The second-order valence-corrected chi connectivity index (χ2v) is 11.8. The molecule has 40 heavy (non-hydrogen) atoms. The van der Waals surface area contributed by atoms with Gasteiger partial charge < -0.3 is 9.80 Å². The number of anilines is 2. The first-order valence-electron chi connectivity index (χ1n) is 13.9. The molecule has 0 N–H and O–H groups in total. The molecule has 1 saturated carbocycles. The third-order valence-electron chi connectivity index (χ3n) is 8.01. The van der Waals surface area contributed by atoms with Gasteiger partial charge in [0.25, 0.3) is 0 Å². The topological polar surface area (TPSA) is 23.7 Å². The second kappa shape index (κ2) is 12.8. The van der Waals surface area contributed by atoms with Gasteiger partial charge in [-0.2, -0.15) is 13.2 Å². The number of fused-ring (bicyclic) bond motifs is 1. The van der Waals surface area contributed by atoms with Gasteiger partial charge in [-0.1, -0.05) is 25.0 Å². The first kappa shape index (κ1) is 30.2. The van der Waals surface area contributed by atoms with Gasteiger partial charge in [-0.25, -0.2) is 9.83 Å². The third kappa shape index (κ3) is 6.92. The molecule has 1 fully saturated rings. The molecule has 1 heterocycles. The number of nitrogens with zero attached hydrogens (tertiary/aromatic N) is 4. The lowest BCUT2D eigenvalue weighted by Gasteiger charge is -2.31. The van der Waals surface area contributed by atoms with E-state index < -0.39 is 11.7 Å². The van der Waals surface area contributed by atoms with Gasteiger partial charge in [0.05, 0.1) is 12.3 Å². The largest absolute Gasteiger partial charge is 0.415 e. The molecule has 0 unspecified atom stereocenters. The highest BCUT2D eigenvalue weighted by Crippen LogP contribution is 2.37. The average molecular weight is 589 g/mol.